The summed E-state index contributed by atoms with van der Waals surface area (Å²) < 4.78 is 18.9. The zero-order valence-electron chi connectivity index (χ0n) is 16.2. The summed E-state index contributed by atoms with van der Waals surface area (Å²) in [5.41, 5.74) is 3.08. The molecule has 0 spiro atoms. The average molecular weight is 378 g/mol. The highest BCUT2D eigenvalue weighted by molar-refractivity contribution is 6.06. The highest BCUT2D eigenvalue weighted by atomic mass is 19.1. The molecule has 0 radical (unpaired) electrons. The lowest BCUT2D eigenvalue weighted by Gasteiger charge is -2.24. The van der Waals surface area contributed by atoms with E-state index in [0.29, 0.717) is 23.5 Å². The molecule has 3 rings (SSSR count). The van der Waals surface area contributed by atoms with Crippen LogP contribution in [-0.2, 0) is 6.54 Å². The fourth-order valence-electron chi connectivity index (χ4n) is 2.90. The number of nitrogens with zero attached hydrogens (tertiary/aromatic N) is 2. The molecule has 0 saturated heterocycles. The number of amides is 1. The second-order valence-electron chi connectivity index (χ2n) is 6.66. The zero-order chi connectivity index (χ0) is 20.1. The van der Waals surface area contributed by atoms with Crippen molar-refractivity contribution in [3.05, 3.63) is 89.7 Å². The number of ether oxygens (including phenoxy) is 1. The van der Waals surface area contributed by atoms with E-state index in [2.05, 4.69) is 0 Å². The van der Waals surface area contributed by atoms with Gasteiger partial charge in [-0.25, -0.2) is 4.39 Å². The maximum absolute atomic E-state index is 13.6. The van der Waals surface area contributed by atoms with Crippen LogP contribution in [0.15, 0.2) is 72.8 Å². The van der Waals surface area contributed by atoms with Gasteiger partial charge >= 0.3 is 0 Å². The second kappa shape index (κ2) is 8.57. The summed E-state index contributed by atoms with van der Waals surface area (Å²) in [7, 11) is 5.55. The van der Waals surface area contributed by atoms with Crippen molar-refractivity contribution >= 4 is 17.3 Å². The van der Waals surface area contributed by atoms with Crippen LogP contribution >= 0.6 is 0 Å². The minimum Gasteiger partial charge on any atom is -0.497 e. The first-order valence-corrected chi connectivity index (χ1v) is 8.95. The van der Waals surface area contributed by atoms with E-state index in [-0.39, 0.29) is 5.91 Å². The molecule has 0 bridgehead atoms. The SMILES string of the molecule is COc1ccc(N(Cc2ccc(N(C)C)cc2)C(=O)c2cccc(F)c2)cc1. The van der Waals surface area contributed by atoms with Gasteiger partial charge in [-0.1, -0.05) is 18.2 Å². The third-order valence-electron chi connectivity index (χ3n) is 4.49. The molecule has 0 aliphatic heterocycles. The second-order valence-corrected chi connectivity index (χ2v) is 6.66. The predicted octanol–water partition coefficient (Wildman–Crippen LogP) is 4.75. The van der Waals surface area contributed by atoms with E-state index in [9.17, 15) is 9.18 Å². The topological polar surface area (TPSA) is 32.8 Å². The van der Waals surface area contributed by atoms with Gasteiger partial charge in [0.15, 0.2) is 0 Å². The zero-order valence-corrected chi connectivity index (χ0v) is 16.2. The fraction of sp³-hybridized carbons (Fsp3) is 0.174. The van der Waals surface area contributed by atoms with Crippen molar-refractivity contribution in [3.63, 3.8) is 0 Å². The van der Waals surface area contributed by atoms with E-state index in [4.69, 9.17) is 4.74 Å². The third kappa shape index (κ3) is 4.49. The van der Waals surface area contributed by atoms with E-state index < -0.39 is 5.82 Å². The van der Waals surface area contributed by atoms with E-state index in [1.807, 2.05) is 55.4 Å². The van der Waals surface area contributed by atoms with E-state index in [1.165, 1.54) is 12.1 Å². The maximum atomic E-state index is 13.6. The number of carbonyl (C=O) groups is 1. The van der Waals surface area contributed by atoms with Crippen LogP contribution in [-0.4, -0.2) is 27.1 Å². The third-order valence-corrected chi connectivity index (χ3v) is 4.49. The van der Waals surface area contributed by atoms with Gasteiger partial charge < -0.3 is 14.5 Å². The van der Waals surface area contributed by atoms with Gasteiger partial charge in [-0.2, -0.15) is 0 Å². The summed E-state index contributed by atoms with van der Waals surface area (Å²) in [4.78, 5) is 16.8. The van der Waals surface area contributed by atoms with E-state index >= 15 is 0 Å². The minimum absolute atomic E-state index is 0.263. The van der Waals surface area contributed by atoms with Gasteiger partial charge in [0.25, 0.3) is 5.91 Å². The van der Waals surface area contributed by atoms with Gasteiger partial charge in [-0.3, -0.25) is 4.79 Å². The molecular weight excluding hydrogens is 355 g/mol. The molecule has 0 aromatic heterocycles. The summed E-state index contributed by atoms with van der Waals surface area (Å²) >= 11 is 0. The Morgan fingerprint density at radius 1 is 0.929 bits per heavy atom. The highest BCUT2D eigenvalue weighted by Gasteiger charge is 2.19. The van der Waals surface area contributed by atoms with Crippen molar-refractivity contribution in [1.82, 2.24) is 0 Å². The molecule has 144 valence electrons. The normalized spacial score (nSPS) is 10.4. The highest BCUT2D eigenvalue weighted by Crippen LogP contribution is 2.24. The average Bonchev–Trinajstić information content (AvgIpc) is 2.72. The first-order chi connectivity index (χ1) is 13.5. The Labute approximate surface area is 164 Å². The smallest absolute Gasteiger partial charge is 0.258 e. The lowest BCUT2D eigenvalue weighted by Crippen LogP contribution is -2.30. The first-order valence-electron chi connectivity index (χ1n) is 8.95. The van der Waals surface area contributed by atoms with Crippen LogP contribution in [0.3, 0.4) is 0 Å². The standard InChI is InChI=1S/C23H23FN2O2/c1-25(2)20-9-7-17(8-10-20)16-26(21-11-13-22(28-3)14-12-21)23(27)18-5-4-6-19(24)15-18/h4-15H,16H2,1-3H3. The summed E-state index contributed by atoms with van der Waals surface area (Å²) in [6.45, 7) is 0.370. The fourth-order valence-corrected chi connectivity index (χ4v) is 2.90. The number of benzene rings is 3. The van der Waals surface area contributed by atoms with Crippen LogP contribution < -0.4 is 14.5 Å². The summed E-state index contributed by atoms with van der Waals surface area (Å²) in [6, 6.07) is 21.0. The molecule has 0 aliphatic rings. The first kappa shape index (κ1) is 19.4. The van der Waals surface area contributed by atoms with Crippen molar-refractivity contribution in [2.75, 3.05) is 31.0 Å². The Kier molecular flexibility index (Phi) is 5.94. The number of halogens is 1. The van der Waals surface area contributed by atoms with Gasteiger partial charge in [0.2, 0.25) is 0 Å². The Morgan fingerprint density at radius 3 is 2.14 bits per heavy atom. The van der Waals surface area contributed by atoms with Gasteiger partial charge in [0, 0.05) is 31.0 Å². The molecule has 3 aromatic rings. The number of methoxy groups -OCH3 is 1. The summed E-state index contributed by atoms with van der Waals surface area (Å²) in [5.74, 6) is 0.00876. The van der Waals surface area contributed by atoms with E-state index in [1.54, 1.807) is 36.3 Å². The molecule has 0 N–H and O–H groups in total. The van der Waals surface area contributed by atoms with Gasteiger partial charge in [-0.05, 0) is 60.2 Å². The Hall–Kier alpha value is -3.34. The van der Waals surface area contributed by atoms with Gasteiger partial charge in [0.1, 0.15) is 11.6 Å². The molecule has 0 heterocycles. The molecule has 0 aliphatic carbocycles. The Morgan fingerprint density at radius 2 is 1.57 bits per heavy atom. The number of rotatable bonds is 6. The van der Waals surface area contributed by atoms with Crippen molar-refractivity contribution < 1.29 is 13.9 Å². The lowest BCUT2D eigenvalue weighted by molar-refractivity contribution is 0.0984. The molecule has 0 unspecified atom stereocenters. The molecule has 3 aromatic carbocycles. The predicted molar refractivity (Wildman–Crippen MR) is 111 cm³/mol. The molecule has 4 nitrogen and oxygen atoms in total. The molecule has 5 heteroatoms. The molecule has 1 amide bonds. The molecular formula is C23H23FN2O2. The Bertz CT molecular complexity index is 938. The van der Waals surface area contributed by atoms with Crippen LogP contribution in [0.25, 0.3) is 0 Å². The molecule has 28 heavy (non-hydrogen) atoms. The van der Waals surface area contributed by atoms with Crippen molar-refractivity contribution in [3.8, 4) is 5.75 Å². The monoisotopic (exact) mass is 378 g/mol. The van der Waals surface area contributed by atoms with Crippen molar-refractivity contribution in [2.24, 2.45) is 0 Å². The maximum Gasteiger partial charge on any atom is 0.258 e. The minimum atomic E-state index is -0.434. The molecule has 0 atom stereocenters. The van der Waals surface area contributed by atoms with Gasteiger partial charge in [0.05, 0.1) is 13.7 Å². The van der Waals surface area contributed by atoms with Gasteiger partial charge in [-0.15, -0.1) is 0 Å². The van der Waals surface area contributed by atoms with Crippen LogP contribution in [0.4, 0.5) is 15.8 Å². The van der Waals surface area contributed by atoms with Crippen LogP contribution in [0.2, 0.25) is 0 Å². The van der Waals surface area contributed by atoms with Crippen LogP contribution in [0.5, 0.6) is 5.75 Å². The van der Waals surface area contributed by atoms with Crippen molar-refractivity contribution in [1.29, 1.82) is 0 Å². The van der Waals surface area contributed by atoms with Crippen LogP contribution in [0.1, 0.15) is 15.9 Å². The quantitative estimate of drug-likeness (QED) is 0.621. The molecule has 0 fully saturated rings. The number of hydrogen-bond acceptors (Lipinski definition) is 3. The number of hydrogen-bond donors (Lipinski definition) is 0. The largest absolute Gasteiger partial charge is 0.497 e. The number of anilines is 2. The summed E-state index contributed by atoms with van der Waals surface area (Å²) in [5, 5.41) is 0. The molecule has 0 saturated carbocycles. The lowest BCUT2D eigenvalue weighted by atomic mass is 10.1. The Balaban J connectivity index is 1.94. The summed E-state index contributed by atoms with van der Waals surface area (Å²) in [6.07, 6.45) is 0. The van der Waals surface area contributed by atoms with Crippen molar-refractivity contribution in [2.45, 2.75) is 6.54 Å². The van der Waals surface area contributed by atoms with E-state index in [0.717, 1.165) is 11.3 Å². The number of carbonyl (C=O) groups excluding carboxylic acids is 1. The van der Waals surface area contributed by atoms with Crippen LogP contribution in [0, 0.1) is 5.82 Å².